The Morgan fingerprint density at radius 1 is 1.32 bits per heavy atom. The van der Waals surface area contributed by atoms with Crippen molar-refractivity contribution in [2.24, 2.45) is 0 Å². The highest BCUT2D eigenvalue weighted by atomic mass is 16.5. The van der Waals surface area contributed by atoms with Gasteiger partial charge in [0.2, 0.25) is 0 Å². The summed E-state index contributed by atoms with van der Waals surface area (Å²) in [6.07, 6.45) is 5.11. The molecule has 2 heterocycles. The maximum Gasteiger partial charge on any atom is 0.340 e. The third kappa shape index (κ3) is 3.55. The number of ether oxygens (including phenoxy) is 1. The minimum atomic E-state index is -0.755. The molecule has 2 aliphatic rings. The van der Waals surface area contributed by atoms with Gasteiger partial charge in [-0.1, -0.05) is 0 Å². The Morgan fingerprint density at radius 2 is 2.05 bits per heavy atom. The lowest BCUT2D eigenvalue weighted by molar-refractivity contribution is -0.138. The largest absolute Gasteiger partial charge is 0.449 e. The normalized spacial score (nSPS) is 18.9. The van der Waals surface area contributed by atoms with Gasteiger partial charge >= 0.3 is 5.97 Å². The van der Waals surface area contributed by atoms with Crippen LogP contribution in [0.3, 0.4) is 0 Å². The Morgan fingerprint density at radius 3 is 2.64 bits per heavy atom. The Kier molecular flexibility index (Phi) is 4.27. The quantitative estimate of drug-likeness (QED) is 0.840. The zero-order valence-electron chi connectivity index (χ0n) is 12.7. The van der Waals surface area contributed by atoms with Crippen LogP contribution in [0.1, 0.15) is 43.0 Å². The Balaban J connectivity index is 1.54. The van der Waals surface area contributed by atoms with Crippen molar-refractivity contribution < 1.29 is 14.3 Å². The first-order valence-corrected chi connectivity index (χ1v) is 7.86. The van der Waals surface area contributed by atoms with E-state index in [1.165, 1.54) is 19.0 Å². The zero-order chi connectivity index (χ0) is 15.5. The first-order chi connectivity index (χ1) is 10.6. The van der Waals surface area contributed by atoms with Gasteiger partial charge in [-0.15, -0.1) is 0 Å². The minimum absolute atomic E-state index is 0.120. The molecule has 1 aliphatic heterocycles. The summed E-state index contributed by atoms with van der Waals surface area (Å²) >= 11 is 0. The van der Waals surface area contributed by atoms with Crippen molar-refractivity contribution in [1.29, 1.82) is 0 Å². The average Bonchev–Trinajstić information content (AvgIpc) is 3.17. The molecule has 1 atom stereocenters. The molecule has 1 aliphatic carbocycles. The van der Waals surface area contributed by atoms with E-state index in [1.807, 2.05) is 0 Å². The molecule has 1 saturated carbocycles. The van der Waals surface area contributed by atoms with Crippen molar-refractivity contribution in [2.75, 3.05) is 18.4 Å². The first kappa shape index (κ1) is 14.8. The highest BCUT2D eigenvalue weighted by molar-refractivity contribution is 5.92. The third-order valence-electron chi connectivity index (χ3n) is 3.98. The van der Waals surface area contributed by atoms with E-state index >= 15 is 0 Å². The summed E-state index contributed by atoms with van der Waals surface area (Å²) in [6.45, 7) is 3.13. The maximum absolute atomic E-state index is 12.1. The van der Waals surface area contributed by atoms with Gasteiger partial charge in [0.25, 0.3) is 5.91 Å². The van der Waals surface area contributed by atoms with Crippen LogP contribution in [0, 0.1) is 0 Å². The molecule has 1 aromatic heterocycles. The van der Waals surface area contributed by atoms with Crippen molar-refractivity contribution in [3.05, 3.63) is 23.9 Å². The van der Waals surface area contributed by atoms with Gasteiger partial charge < -0.3 is 15.0 Å². The topological polar surface area (TPSA) is 71.5 Å². The van der Waals surface area contributed by atoms with Gasteiger partial charge in [0, 0.05) is 25.3 Å². The van der Waals surface area contributed by atoms with Crippen molar-refractivity contribution in [3.8, 4) is 0 Å². The molecule has 0 bridgehead atoms. The van der Waals surface area contributed by atoms with Crippen LogP contribution in [0.5, 0.6) is 0 Å². The number of amides is 1. The summed E-state index contributed by atoms with van der Waals surface area (Å²) in [4.78, 5) is 30.1. The SMILES string of the molecule is CC(OC(=O)c1ccc(NC2CC2)nc1)C(=O)N1CCCC1. The number of nitrogens with zero attached hydrogens (tertiary/aromatic N) is 2. The van der Waals surface area contributed by atoms with Crippen molar-refractivity contribution in [3.63, 3.8) is 0 Å². The fourth-order valence-corrected chi connectivity index (χ4v) is 2.51. The number of pyridine rings is 1. The molecule has 1 saturated heterocycles. The number of carbonyl (C=O) groups excluding carboxylic acids is 2. The molecule has 2 fully saturated rings. The second-order valence-electron chi connectivity index (χ2n) is 5.93. The molecule has 3 rings (SSSR count). The maximum atomic E-state index is 12.1. The number of hydrogen-bond donors (Lipinski definition) is 1. The molecule has 1 N–H and O–H groups in total. The smallest absolute Gasteiger partial charge is 0.340 e. The molecule has 1 aromatic rings. The van der Waals surface area contributed by atoms with Crippen molar-refractivity contribution in [1.82, 2.24) is 9.88 Å². The van der Waals surface area contributed by atoms with Gasteiger partial charge in [0.15, 0.2) is 6.10 Å². The van der Waals surface area contributed by atoms with Crippen molar-refractivity contribution >= 4 is 17.7 Å². The van der Waals surface area contributed by atoms with Gasteiger partial charge in [-0.05, 0) is 44.7 Å². The number of aromatic nitrogens is 1. The molecule has 6 heteroatoms. The van der Waals surface area contributed by atoms with E-state index < -0.39 is 12.1 Å². The van der Waals surface area contributed by atoms with Crippen LogP contribution in [-0.4, -0.2) is 47.0 Å². The van der Waals surface area contributed by atoms with E-state index in [1.54, 1.807) is 24.0 Å². The molecule has 0 aromatic carbocycles. The fourth-order valence-electron chi connectivity index (χ4n) is 2.51. The summed E-state index contributed by atoms with van der Waals surface area (Å²) in [5.41, 5.74) is 0.363. The molecular formula is C16H21N3O3. The number of esters is 1. The molecule has 6 nitrogen and oxygen atoms in total. The lowest BCUT2D eigenvalue weighted by Gasteiger charge is -2.20. The van der Waals surface area contributed by atoms with E-state index in [0.717, 1.165) is 31.7 Å². The number of anilines is 1. The second-order valence-corrected chi connectivity index (χ2v) is 5.93. The summed E-state index contributed by atoms with van der Waals surface area (Å²) < 4.78 is 5.25. The molecule has 118 valence electrons. The predicted molar refractivity (Wildman–Crippen MR) is 81.6 cm³/mol. The van der Waals surface area contributed by atoms with Crippen molar-refractivity contribution in [2.45, 2.75) is 44.8 Å². The molecule has 0 radical (unpaired) electrons. The highest BCUT2D eigenvalue weighted by Gasteiger charge is 2.26. The van der Waals surface area contributed by atoms with Crippen LogP contribution < -0.4 is 5.32 Å². The summed E-state index contributed by atoms with van der Waals surface area (Å²) in [6, 6.07) is 3.96. The summed E-state index contributed by atoms with van der Waals surface area (Å²) in [5.74, 6) is 0.136. The van der Waals surface area contributed by atoms with Gasteiger partial charge in [-0.2, -0.15) is 0 Å². The summed E-state index contributed by atoms with van der Waals surface area (Å²) in [7, 11) is 0. The Labute approximate surface area is 129 Å². The standard InChI is InChI=1S/C16H21N3O3/c1-11(15(20)19-8-2-3-9-19)22-16(21)12-4-7-14(17-10-12)18-13-5-6-13/h4,7,10-11,13H,2-3,5-6,8-9H2,1H3,(H,17,18). The van der Waals surface area contributed by atoms with Crippen LogP contribution >= 0.6 is 0 Å². The number of rotatable bonds is 5. The van der Waals surface area contributed by atoms with E-state index in [0.29, 0.717) is 11.6 Å². The van der Waals surface area contributed by atoms with Crippen LogP contribution in [0.2, 0.25) is 0 Å². The van der Waals surface area contributed by atoms with Crippen LogP contribution in [0.4, 0.5) is 5.82 Å². The number of nitrogens with one attached hydrogen (secondary N) is 1. The van der Waals surface area contributed by atoms with E-state index in [-0.39, 0.29) is 5.91 Å². The summed E-state index contributed by atoms with van der Waals surface area (Å²) in [5, 5.41) is 3.25. The van der Waals surface area contributed by atoms with Crippen LogP contribution in [0.25, 0.3) is 0 Å². The lowest BCUT2D eigenvalue weighted by Crippen LogP contribution is -2.38. The fraction of sp³-hybridized carbons (Fsp3) is 0.562. The van der Waals surface area contributed by atoms with E-state index in [9.17, 15) is 9.59 Å². The van der Waals surface area contributed by atoms with E-state index in [2.05, 4.69) is 10.3 Å². The molecule has 0 spiro atoms. The zero-order valence-corrected chi connectivity index (χ0v) is 12.7. The second kappa shape index (κ2) is 6.34. The Bertz CT molecular complexity index is 548. The third-order valence-corrected chi connectivity index (χ3v) is 3.98. The lowest BCUT2D eigenvalue weighted by atomic mass is 10.2. The molecular weight excluding hydrogens is 282 g/mol. The predicted octanol–water partition coefficient (Wildman–Crippen LogP) is 1.82. The number of hydrogen-bond acceptors (Lipinski definition) is 5. The van der Waals surface area contributed by atoms with Gasteiger partial charge in [-0.25, -0.2) is 9.78 Å². The van der Waals surface area contributed by atoms with Crippen LogP contribution in [-0.2, 0) is 9.53 Å². The molecule has 22 heavy (non-hydrogen) atoms. The highest BCUT2D eigenvalue weighted by Crippen LogP contribution is 2.23. The minimum Gasteiger partial charge on any atom is -0.449 e. The average molecular weight is 303 g/mol. The van der Waals surface area contributed by atoms with Gasteiger partial charge in [0.1, 0.15) is 5.82 Å². The van der Waals surface area contributed by atoms with E-state index in [4.69, 9.17) is 4.74 Å². The molecule has 1 unspecified atom stereocenters. The van der Waals surface area contributed by atoms with Gasteiger partial charge in [0.05, 0.1) is 5.56 Å². The monoisotopic (exact) mass is 303 g/mol. The van der Waals surface area contributed by atoms with Gasteiger partial charge in [-0.3, -0.25) is 4.79 Å². The first-order valence-electron chi connectivity index (χ1n) is 7.86. The number of likely N-dealkylation sites (tertiary alicyclic amines) is 1. The Hall–Kier alpha value is -2.11. The number of carbonyl (C=O) groups is 2. The molecule has 1 amide bonds. The van der Waals surface area contributed by atoms with Crippen LogP contribution in [0.15, 0.2) is 18.3 Å².